The number of ether oxygens (including phenoxy) is 1. The second kappa shape index (κ2) is 6.57. The van der Waals surface area contributed by atoms with Crippen LogP contribution in [0, 0.1) is 0 Å². The second-order valence-electron chi connectivity index (χ2n) is 4.45. The van der Waals surface area contributed by atoms with Crippen LogP contribution in [0.1, 0.15) is 17.5 Å². The summed E-state index contributed by atoms with van der Waals surface area (Å²) in [5, 5.41) is 5.43. The first-order valence-corrected chi connectivity index (χ1v) is 6.37. The lowest BCUT2D eigenvalue weighted by Gasteiger charge is -2.11. The number of aromatic nitrogens is 1. The number of carbonyl (C=O) groups is 1. The van der Waals surface area contributed by atoms with Crippen molar-refractivity contribution in [2.45, 2.75) is 6.92 Å². The third-order valence-corrected chi connectivity index (χ3v) is 2.60. The molecule has 0 saturated carbocycles. The molecule has 2 heterocycles. The third-order valence-electron chi connectivity index (χ3n) is 2.60. The van der Waals surface area contributed by atoms with Gasteiger partial charge >= 0.3 is 5.63 Å². The second-order valence-corrected chi connectivity index (χ2v) is 4.45. The van der Waals surface area contributed by atoms with Crippen molar-refractivity contribution in [1.29, 1.82) is 0 Å². The molecule has 2 rings (SSSR count). The van der Waals surface area contributed by atoms with Gasteiger partial charge in [-0.1, -0.05) is 6.58 Å². The fraction of sp³-hybridized carbons (Fsp3) is 0.133. The molecule has 0 atom stereocenters. The Bertz CT molecular complexity index is 753. The number of nitrogens with zero attached hydrogens (tertiary/aromatic N) is 1. The standard InChI is InChI=1S/C15H15N3O4/c1-9(2)17-14(19)12-7-11(13(21-3)15(20)22-12)18-10-5-4-6-16-8-10/h4-8,18H,1H2,2-3H3,(H,17,19). The largest absolute Gasteiger partial charge is 0.488 e. The average Bonchev–Trinajstić information content (AvgIpc) is 2.47. The average molecular weight is 301 g/mol. The molecule has 0 radical (unpaired) electrons. The van der Waals surface area contributed by atoms with Crippen molar-refractivity contribution in [2.75, 3.05) is 12.4 Å². The van der Waals surface area contributed by atoms with Crippen LogP contribution in [-0.4, -0.2) is 18.0 Å². The third kappa shape index (κ3) is 3.51. The Morgan fingerprint density at radius 3 is 2.82 bits per heavy atom. The zero-order valence-corrected chi connectivity index (χ0v) is 12.2. The van der Waals surface area contributed by atoms with E-state index in [-0.39, 0.29) is 11.5 Å². The van der Waals surface area contributed by atoms with Crippen LogP contribution in [0.4, 0.5) is 11.4 Å². The van der Waals surface area contributed by atoms with Crippen molar-refractivity contribution in [1.82, 2.24) is 10.3 Å². The molecule has 1 amide bonds. The molecule has 0 aliphatic heterocycles. The summed E-state index contributed by atoms with van der Waals surface area (Å²) < 4.78 is 9.98. The van der Waals surface area contributed by atoms with E-state index in [0.717, 1.165) is 0 Å². The van der Waals surface area contributed by atoms with Crippen molar-refractivity contribution in [3.8, 4) is 5.75 Å². The lowest BCUT2D eigenvalue weighted by Crippen LogP contribution is -2.22. The van der Waals surface area contributed by atoms with E-state index in [1.165, 1.54) is 13.2 Å². The van der Waals surface area contributed by atoms with Gasteiger partial charge in [-0.25, -0.2) is 4.79 Å². The van der Waals surface area contributed by atoms with Gasteiger partial charge in [-0.05, 0) is 19.1 Å². The van der Waals surface area contributed by atoms with Crippen LogP contribution in [0.2, 0.25) is 0 Å². The molecule has 2 aromatic heterocycles. The van der Waals surface area contributed by atoms with Crippen LogP contribution in [0.3, 0.4) is 0 Å². The first kappa shape index (κ1) is 15.3. The molecule has 0 aliphatic rings. The SMILES string of the molecule is C=C(C)NC(=O)c1cc(Nc2cccnc2)c(OC)c(=O)o1. The topological polar surface area (TPSA) is 93.5 Å². The highest BCUT2D eigenvalue weighted by Gasteiger charge is 2.17. The Kier molecular flexibility index (Phi) is 4.57. The molecule has 0 saturated heterocycles. The zero-order valence-electron chi connectivity index (χ0n) is 12.2. The van der Waals surface area contributed by atoms with Gasteiger partial charge in [0.15, 0.2) is 5.76 Å². The van der Waals surface area contributed by atoms with E-state index in [0.29, 0.717) is 17.1 Å². The van der Waals surface area contributed by atoms with Gasteiger partial charge in [0.1, 0.15) is 0 Å². The minimum Gasteiger partial charge on any atom is -0.488 e. The molecular weight excluding hydrogens is 286 g/mol. The summed E-state index contributed by atoms with van der Waals surface area (Å²) in [6, 6.07) is 4.87. The van der Waals surface area contributed by atoms with Crippen LogP contribution in [0.5, 0.6) is 5.75 Å². The van der Waals surface area contributed by atoms with Crippen LogP contribution in [0.25, 0.3) is 0 Å². The Balaban J connectivity index is 2.42. The van der Waals surface area contributed by atoms with Crippen molar-refractivity contribution in [3.05, 3.63) is 59.0 Å². The number of rotatable bonds is 5. The summed E-state index contributed by atoms with van der Waals surface area (Å²) in [5.74, 6) is -0.752. The Morgan fingerprint density at radius 2 is 2.23 bits per heavy atom. The monoisotopic (exact) mass is 301 g/mol. The van der Waals surface area contributed by atoms with Crippen molar-refractivity contribution >= 4 is 17.3 Å². The summed E-state index contributed by atoms with van der Waals surface area (Å²) in [5.41, 5.74) is 0.616. The van der Waals surface area contributed by atoms with Crippen molar-refractivity contribution in [3.63, 3.8) is 0 Å². The molecule has 0 spiro atoms. The molecule has 114 valence electrons. The van der Waals surface area contributed by atoms with Gasteiger partial charge < -0.3 is 19.8 Å². The molecule has 2 N–H and O–H groups in total. The van der Waals surface area contributed by atoms with E-state index >= 15 is 0 Å². The van der Waals surface area contributed by atoms with Gasteiger partial charge in [0, 0.05) is 18.0 Å². The molecule has 0 bridgehead atoms. The van der Waals surface area contributed by atoms with Crippen LogP contribution < -0.4 is 21.0 Å². The molecule has 0 aliphatic carbocycles. The molecule has 0 unspecified atom stereocenters. The highest BCUT2D eigenvalue weighted by Crippen LogP contribution is 2.25. The first-order chi connectivity index (χ1) is 10.5. The molecule has 2 aromatic rings. The quantitative estimate of drug-likeness (QED) is 0.878. The predicted octanol–water partition coefficient (Wildman–Crippen LogP) is 2.05. The minimum atomic E-state index is -0.761. The van der Waals surface area contributed by atoms with Crippen molar-refractivity contribution in [2.24, 2.45) is 0 Å². The van der Waals surface area contributed by atoms with Crippen LogP contribution in [-0.2, 0) is 0 Å². The first-order valence-electron chi connectivity index (χ1n) is 6.37. The number of hydrogen-bond donors (Lipinski definition) is 2. The van der Waals surface area contributed by atoms with Gasteiger partial charge in [-0.3, -0.25) is 9.78 Å². The van der Waals surface area contributed by atoms with E-state index < -0.39 is 11.5 Å². The maximum absolute atomic E-state index is 11.9. The number of allylic oxidation sites excluding steroid dienone is 1. The summed E-state index contributed by atoms with van der Waals surface area (Å²) >= 11 is 0. The lowest BCUT2D eigenvalue weighted by atomic mass is 10.3. The van der Waals surface area contributed by atoms with Crippen LogP contribution >= 0.6 is 0 Å². The number of carbonyl (C=O) groups excluding carboxylic acids is 1. The van der Waals surface area contributed by atoms with E-state index in [2.05, 4.69) is 22.2 Å². The smallest absolute Gasteiger partial charge is 0.381 e. The molecule has 0 aromatic carbocycles. The highest BCUT2D eigenvalue weighted by molar-refractivity contribution is 5.93. The van der Waals surface area contributed by atoms with Crippen LogP contribution in [0.15, 0.2) is 52.1 Å². The number of amides is 1. The molecule has 7 nitrogen and oxygen atoms in total. The van der Waals surface area contributed by atoms with Gasteiger partial charge in [-0.15, -0.1) is 0 Å². The summed E-state index contributed by atoms with van der Waals surface area (Å²) in [7, 11) is 1.34. The Labute approximate surface area is 126 Å². The van der Waals surface area contributed by atoms with Gasteiger partial charge in [-0.2, -0.15) is 0 Å². The zero-order chi connectivity index (χ0) is 16.1. The van der Waals surface area contributed by atoms with E-state index in [1.54, 1.807) is 31.5 Å². The number of methoxy groups -OCH3 is 1. The number of nitrogens with one attached hydrogen (secondary N) is 2. The van der Waals surface area contributed by atoms with E-state index in [9.17, 15) is 9.59 Å². The maximum atomic E-state index is 11.9. The molecule has 0 fully saturated rings. The number of pyridine rings is 1. The molecule has 22 heavy (non-hydrogen) atoms. The van der Waals surface area contributed by atoms with Crippen molar-refractivity contribution < 1.29 is 13.9 Å². The highest BCUT2D eigenvalue weighted by atomic mass is 16.5. The summed E-state index contributed by atoms with van der Waals surface area (Å²) in [6.45, 7) is 5.19. The van der Waals surface area contributed by atoms with E-state index in [1.807, 2.05) is 0 Å². The Morgan fingerprint density at radius 1 is 1.45 bits per heavy atom. The number of anilines is 2. The Hall–Kier alpha value is -3.09. The molecular formula is C15H15N3O4. The van der Waals surface area contributed by atoms with E-state index in [4.69, 9.17) is 9.15 Å². The maximum Gasteiger partial charge on any atom is 0.381 e. The van der Waals surface area contributed by atoms with Gasteiger partial charge in [0.25, 0.3) is 5.91 Å². The fourth-order valence-electron chi connectivity index (χ4n) is 1.73. The molecule has 7 heteroatoms. The minimum absolute atomic E-state index is 0.0317. The van der Waals surface area contributed by atoms with Gasteiger partial charge in [0.05, 0.1) is 24.7 Å². The lowest BCUT2D eigenvalue weighted by molar-refractivity contribution is 0.0933. The summed E-state index contributed by atoms with van der Waals surface area (Å²) in [4.78, 5) is 27.8. The number of hydrogen-bond acceptors (Lipinski definition) is 6. The normalized spacial score (nSPS) is 9.91. The fourth-order valence-corrected chi connectivity index (χ4v) is 1.73. The summed E-state index contributed by atoms with van der Waals surface area (Å²) in [6.07, 6.45) is 3.19. The van der Waals surface area contributed by atoms with Gasteiger partial charge in [0.2, 0.25) is 5.75 Å². The predicted molar refractivity (Wildman–Crippen MR) is 81.3 cm³/mol.